The van der Waals surface area contributed by atoms with Crippen LogP contribution in [0.3, 0.4) is 0 Å². The molecule has 0 radical (unpaired) electrons. The molecule has 1 saturated heterocycles. The van der Waals surface area contributed by atoms with Crippen molar-refractivity contribution in [1.29, 1.82) is 0 Å². The standard InChI is InChI=1S/C21H30FN5S/c1-16-26-19(15-28-16)14-27-11-8-17(9-12-27)13-25-21(23-2)24-10-7-18-5-3-4-6-20(18)22/h3-6,15,17H,7-14H2,1-2H3,(H2,23,24,25). The second-order valence-corrected chi connectivity index (χ2v) is 8.36. The Morgan fingerprint density at radius 1 is 1.29 bits per heavy atom. The largest absolute Gasteiger partial charge is 0.356 e. The highest BCUT2D eigenvalue weighted by Crippen LogP contribution is 2.19. The van der Waals surface area contributed by atoms with E-state index in [4.69, 9.17) is 0 Å². The summed E-state index contributed by atoms with van der Waals surface area (Å²) in [5, 5.41) is 10.0. The van der Waals surface area contributed by atoms with Crippen LogP contribution in [0.2, 0.25) is 0 Å². The van der Waals surface area contributed by atoms with Crippen molar-refractivity contribution in [3.63, 3.8) is 0 Å². The van der Waals surface area contributed by atoms with Gasteiger partial charge in [0.1, 0.15) is 5.82 Å². The van der Waals surface area contributed by atoms with Gasteiger partial charge in [-0.15, -0.1) is 11.3 Å². The van der Waals surface area contributed by atoms with Gasteiger partial charge in [0.15, 0.2) is 5.96 Å². The first kappa shape index (κ1) is 20.7. The van der Waals surface area contributed by atoms with Gasteiger partial charge in [0.25, 0.3) is 0 Å². The zero-order valence-electron chi connectivity index (χ0n) is 16.7. The van der Waals surface area contributed by atoms with Crippen LogP contribution >= 0.6 is 11.3 Å². The van der Waals surface area contributed by atoms with Crippen molar-refractivity contribution in [3.8, 4) is 0 Å². The Balaban J connectivity index is 1.33. The Kier molecular flexibility index (Phi) is 7.80. The molecule has 1 aromatic heterocycles. The number of likely N-dealkylation sites (tertiary alicyclic amines) is 1. The first-order valence-electron chi connectivity index (χ1n) is 9.95. The minimum absolute atomic E-state index is 0.146. The first-order chi connectivity index (χ1) is 13.6. The number of nitrogens with zero attached hydrogens (tertiary/aromatic N) is 3. The summed E-state index contributed by atoms with van der Waals surface area (Å²) in [6.07, 6.45) is 3.01. The third-order valence-electron chi connectivity index (χ3n) is 5.19. The van der Waals surface area contributed by atoms with E-state index in [2.05, 4.69) is 37.8 Å². The predicted molar refractivity (Wildman–Crippen MR) is 114 cm³/mol. The van der Waals surface area contributed by atoms with Crippen molar-refractivity contribution in [2.45, 2.75) is 32.7 Å². The highest BCUT2D eigenvalue weighted by atomic mass is 32.1. The SMILES string of the molecule is CN=C(NCCc1ccccc1F)NCC1CCN(Cc2csc(C)n2)CC1. The lowest BCUT2D eigenvalue weighted by Crippen LogP contribution is -2.43. The highest BCUT2D eigenvalue weighted by Gasteiger charge is 2.20. The first-order valence-corrected chi connectivity index (χ1v) is 10.8. The second kappa shape index (κ2) is 10.5. The van der Waals surface area contributed by atoms with Gasteiger partial charge in [-0.1, -0.05) is 18.2 Å². The van der Waals surface area contributed by atoms with E-state index in [0.29, 0.717) is 18.9 Å². The summed E-state index contributed by atoms with van der Waals surface area (Å²) in [4.78, 5) is 11.3. The number of halogens is 1. The van der Waals surface area contributed by atoms with E-state index in [1.54, 1.807) is 24.5 Å². The van der Waals surface area contributed by atoms with Gasteiger partial charge in [0.05, 0.1) is 10.7 Å². The van der Waals surface area contributed by atoms with Crippen molar-refractivity contribution in [2.75, 3.05) is 33.2 Å². The van der Waals surface area contributed by atoms with Gasteiger partial charge in [-0.25, -0.2) is 9.37 Å². The molecule has 5 nitrogen and oxygen atoms in total. The van der Waals surface area contributed by atoms with Crippen LogP contribution in [0.1, 0.15) is 29.1 Å². The molecule has 0 amide bonds. The van der Waals surface area contributed by atoms with Gasteiger partial charge < -0.3 is 10.6 Å². The van der Waals surface area contributed by atoms with Gasteiger partial charge in [0.2, 0.25) is 0 Å². The normalized spacial score (nSPS) is 16.3. The van der Waals surface area contributed by atoms with Crippen molar-refractivity contribution >= 4 is 17.3 Å². The van der Waals surface area contributed by atoms with E-state index in [0.717, 1.165) is 42.7 Å². The number of piperidine rings is 1. The van der Waals surface area contributed by atoms with Gasteiger partial charge in [-0.05, 0) is 56.8 Å². The van der Waals surface area contributed by atoms with Crippen molar-refractivity contribution < 1.29 is 4.39 Å². The highest BCUT2D eigenvalue weighted by molar-refractivity contribution is 7.09. The van der Waals surface area contributed by atoms with Crippen LogP contribution < -0.4 is 10.6 Å². The molecule has 0 spiro atoms. The molecule has 1 aromatic carbocycles. The summed E-state index contributed by atoms with van der Waals surface area (Å²) in [7, 11) is 1.77. The van der Waals surface area contributed by atoms with Crippen LogP contribution in [0.4, 0.5) is 4.39 Å². The molecule has 0 aliphatic carbocycles. The smallest absolute Gasteiger partial charge is 0.190 e. The number of guanidine groups is 1. The molecule has 1 fully saturated rings. The van der Waals surface area contributed by atoms with E-state index in [1.807, 2.05) is 12.1 Å². The lowest BCUT2D eigenvalue weighted by Gasteiger charge is -2.31. The van der Waals surface area contributed by atoms with E-state index in [1.165, 1.54) is 24.6 Å². The van der Waals surface area contributed by atoms with E-state index in [9.17, 15) is 4.39 Å². The second-order valence-electron chi connectivity index (χ2n) is 7.30. The number of rotatable bonds is 7. The summed E-state index contributed by atoms with van der Waals surface area (Å²) in [6, 6.07) is 6.92. The van der Waals surface area contributed by atoms with Crippen molar-refractivity contribution in [1.82, 2.24) is 20.5 Å². The molecular formula is C21H30FN5S. The third kappa shape index (κ3) is 6.27. The lowest BCUT2D eigenvalue weighted by molar-refractivity contribution is 0.176. The molecule has 0 atom stereocenters. The number of hydrogen-bond acceptors (Lipinski definition) is 4. The fourth-order valence-corrected chi connectivity index (χ4v) is 4.14. The van der Waals surface area contributed by atoms with E-state index in [-0.39, 0.29) is 5.82 Å². The maximum atomic E-state index is 13.7. The minimum Gasteiger partial charge on any atom is -0.356 e. The average Bonchev–Trinajstić information content (AvgIpc) is 3.11. The summed E-state index contributed by atoms with van der Waals surface area (Å²) < 4.78 is 13.7. The molecule has 152 valence electrons. The summed E-state index contributed by atoms with van der Waals surface area (Å²) >= 11 is 1.72. The number of aromatic nitrogens is 1. The number of nitrogens with one attached hydrogen (secondary N) is 2. The van der Waals surface area contributed by atoms with Crippen LogP contribution in [0.15, 0.2) is 34.6 Å². The predicted octanol–water partition coefficient (Wildman–Crippen LogP) is 3.21. The number of benzene rings is 1. The van der Waals surface area contributed by atoms with Crippen molar-refractivity contribution in [2.24, 2.45) is 10.9 Å². The molecular weight excluding hydrogens is 373 g/mol. The molecule has 2 N–H and O–H groups in total. The van der Waals surface area contributed by atoms with Crippen LogP contribution in [0.25, 0.3) is 0 Å². The monoisotopic (exact) mass is 403 g/mol. The molecule has 1 aliphatic heterocycles. The zero-order valence-corrected chi connectivity index (χ0v) is 17.6. The van der Waals surface area contributed by atoms with Gasteiger partial charge in [-0.2, -0.15) is 0 Å². The molecule has 0 bridgehead atoms. The maximum Gasteiger partial charge on any atom is 0.190 e. The number of aliphatic imine (C=N–C) groups is 1. The fraction of sp³-hybridized carbons (Fsp3) is 0.524. The zero-order chi connectivity index (χ0) is 19.8. The molecule has 1 aliphatic rings. The number of hydrogen-bond donors (Lipinski definition) is 2. The van der Waals surface area contributed by atoms with E-state index >= 15 is 0 Å². The molecule has 2 aromatic rings. The van der Waals surface area contributed by atoms with E-state index < -0.39 is 0 Å². The van der Waals surface area contributed by atoms with Crippen LogP contribution in [0.5, 0.6) is 0 Å². The van der Waals surface area contributed by atoms with Crippen molar-refractivity contribution in [3.05, 3.63) is 51.7 Å². The van der Waals surface area contributed by atoms with Gasteiger partial charge in [-0.3, -0.25) is 9.89 Å². The number of thiazole rings is 1. The topological polar surface area (TPSA) is 52.6 Å². The fourth-order valence-electron chi connectivity index (χ4n) is 3.54. The quantitative estimate of drug-likeness (QED) is 0.551. The van der Waals surface area contributed by atoms with Crippen LogP contribution in [-0.2, 0) is 13.0 Å². The minimum atomic E-state index is -0.146. The summed E-state index contributed by atoms with van der Waals surface area (Å²) in [6.45, 7) is 6.83. The molecule has 2 heterocycles. The number of aryl methyl sites for hydroxylation is 1. The average molecular weight is 404 g/mol. The Morgan fingerprint density at radius 3 is 2.75 bits per heavy atom. The Morgan fingerprint density at radius 2 is 2.07 bits per heavy atom. The molecule has 0 saturated carbocycles. The summed E-state index contributed by atoms with van der Waals surface area (Å²) in [5.74, 6) is 1.29. The van der Waals surface area contributed by atoms with Gasteiger partial charge >= 0.3 is 0 Å². The maximum absolute atomic E-state index is 13.7. The Hall–Kier alpha value is -1.99. The van der Waals surface area contributed by atoms with Crippen LogP contribution in [0, 0.1) is 18.7 Å². The summed E-state index contributed by atoms with van der Waals surface area (Å²) in [5.41, 5.74) is 1.92. The van der Waals surface area contributed by atoms with Gasteiger partial charge in [0, 0.05) is 32.1 Å². The Labute approximate surface area is 171 Å². The molecule has 7 heteroatoms. The third-order valence-corrected chi connectivity index (χ3v) is 6.01. The Bertz CT molecular complexity index is 768. The molecule has 3 rings (SSSR count). The lowest BCUT2D eigenvalue weighted by atomic mass is 9.97. The molecule has 0 unspecified atom stereocenters. The molecule has 28 heavy (non-hydrogen) atoms. The van der Waals surface area contributed by atoms with Crippen LogP contribution in [-0.4, -0.2) is 49.1 Å².